The summed E-state index contributed by atoms with van der Waals surface area (Å²) in [5.74, 6) is -0.131. The second-order valence-electron chi connectivity index (χ2n) is 5.85. The van der Waals surface area contributed by atoms with Crippen molar-refractivity contribution in [1.29, 1.82) is 10.5 Å². The van der Waals surface area contributed by atoms with Crippen molar-refractivity contribution < 1.29 is 4.79 Å². The van der Waals surface area contributed by atoms with Gasteiger partial charge in [0.25, 0.3) is 0 Å². The third kappa shape index (κ3) is 5.22. The first-order chi connectivity index (χ1) is 12.5. The van der Waals surface area contributed by atoms with Crippen LogP contribution >= 0.6 is 0 Å². The lowest BCUT2D eigenvalue weighted by atomic mass is 10.0. The highest BCUT2D eigenvalue weighted by molar-refractivity contribution is 5.91. The van der Waals surface area contributed by atoms with E-state index in [2.05, 4.69) is 17.5 Å². The van der Waals surface area contributed by atoms with Gasteiger partial charge in [0.15, 0.2) is 0 Å². The summed E-state index contributed by atoms with van der Waals surface area (Å²) < 4.78 is 0. The van der Waals surface area contributed by atoms with Gasteiger partial charge in [0.05, 0.1) is 24.1 Å². The quantitative estimate of drug-likeness (QED) is 0.633. The van der Waals surface area contributed by atoms with Crippen molar-refractivity contribution >= 4 is 28.9 Å². The number of hydrogen-bond acceptors (Lipinski definition) is 4. The van der Waals surface area contributed by atoms with Gasteiger partial charge in [0.2, 0.25) is 5.91 Å². The molecule has 0 aliphatic heterocycles. The van der Waals surface area contributed by atoms with Crippen LogP contribution in [0.1, 0.15) is 24.5 Å². The Bertz CT molecular complexity index is 868. The number of amides is 1. The molecule has 0 saturated carbocycles. The number of nitrogens with zero attached hydrogens (tertiary/aromatic N) is 3. The minimum atomic E-state index is -0.131. The number of rotatable bonds is 6. The minimum absolute atomic E-state index is 0.131. The summed E-state index contributed by atoms with van der Waals surface area (Å²) in [6.45, 7) is 2.13. The van der Waals surface area contributed by atoms with Gasteiger partial charge in [0.1, 0.15) is 0 Å². The van der Waals surface area contributed by atoms with Gasteiger partial charge in [-0.15, -0.1) is 0 Å². The highest BCUT2D eigenvalue weighted by Crippen LogP contribution is 2.21. The normalized spacial score (nSPS) is 10.5. The van der Waals surface area contributed by atoms with E-state index in [-0.39, 0.29) is 5.91 Å². The highest BCUT2D eigenvalue weighted by atomic mass is 16.1. The summed E-state index contributed by atoms with van der Waals surface area (Å²) in [5, 5.41) is 20.8. The topological polar surface area (TPSA) is 79.9 Å². The van der Waals surface area contributed by atoms with Crippen molar-refractivity contribution in [2.75, 3.05) is 23.8 Å². The molecule has 2 aromatic carbocycles. The fourth-order valence-corrected chi connectivity index (χ4v) is 2.46. The lowest BCUT2D eigenvalue weighted by molar-refractivity contribution is -0.114. The molecule has 0 bridgehead atoms. The van der Waals surface area contributed by atoms with Crippen molar-refractivity contribution in [1.82, 2.24) is 0 Å². The van der Waals surface area contributed by atoms with E-state index in [0.717, 1.165) is 16.8 Å². The first kappa shape index (κ1) is 18.8. The van der Waals surface area contributed by atoms with Crippen molar-refractivity contribution in [2.24, 2.45) is 0 Å². The number of carbonyl (C=O) groups excluding carboxylic acids is 1. The molecule has 0 atom stereocenters. The van der Waals surface area contributed by atoms with Crippen molar-refractivity contribution in [3.63, 3.8) is 0 Å². The Labute approximate surface area is 153 Å². The summed E-state index contributed by atoms with van der Waals surface area (Å²) in [6.07, 6.45) is 2.30. The second-order valence-corrected chi connectivity index (χ2v) is 5.85. The Hall–Kier alpha value is -3.57. The van der Waals surface area contributed by atoms with Crippen LogP contribution in [0, 0.1) is 22.7 Å². The van der Waals surface area contributed by atoms with Crippen LogP contribution in [0.15, 0.2) is 48.5 Å². The standard InChI is InChI=1S/C21H20N4O/c1-16(26)24-20-8-6-18(7-9-20)19(15-23)14-17-4-10-21(11-5-17)25(2)13-3-12-22/h4-11,14H,3,13H2,1-2H3,(H,24,26)/b19-14-. The molecular formula is C21H20N4O. The fourth-order valence-electron chi connectivity index (χ4n) is 2.46. The second kappa shape index (κ2) is 9.05. The first-order valence-electron chi connectivity index (χ1n) is 8.21. The van der Waals surface area contributed by atoms with Gasteiger partial charge in [-0.05, 0) is 41.5 Å². The molecule has 0 aliphatic carbocycles. The number of allylic oxidation sites excluding steroid dienone is 1. The Balaban J connectivity index is 2.17. The molecule has 2 rings (SSSR count). The summed E-state index contributed by atoms with van der Waals surface area (Å²) >= 11 is 0. The summed E-state index contributed by atoms with van der Waals surface area (Å²) in [5.41, 5.74) is 3.98. The highest BCUT2D eigenvalue weighted by Gasteiger charge is 2.04. The molecule has 26 heavy (non-hydrogen) atoms. The van der Waals surface area contributed by atoms with Crippen molar-refractivity contribution in [3.8, 4) is 12.1 Å². The maximum atomic E-state index is 11.1. The lowest BCUT2D eigenvalue weighted by Crippen LogP contribution is -2.17. The Morgan fingerprint density at radius 3 is 2.31 bits per heavy atom. The molecule has 1 N–H and O–H groups in total. The summed E-state index contributed by atoms with van der Waals surface area (Å²) in [7, 11) is 1.94. The molecule has 0 aromatic heterocycles. The smallest absolute Gasteiger partial charge is 0.221 e. The Morgan fingerprint density at radius 2 is 1.77 bits per heavy atom. The Kier molecular flexibility index (Phi) is 6.53. The molecule has 5 heteroatoms. The van der Waals surface area contributed by atoms with Gasteiger partial charge in [-0.3, -0.25) is 4.79 Å². The average molecular weight is 344 g/mol. The van der Waals surface area contributed by atoms with E-state index in [0.29, 0.717) is 24.2 Å². The van der Waals surface area contributed by atoms with Crippen LogP contribution in [0.3, 0.4) is 0 Å². The van der Waals surface area contributed by atoms with Gasteiger partial charge in [-0.2, -0.15) is 10.5 Å². The van der Waals surface area contributed by atoms with E-state index in [9.17, 15) is 10.1 Å². The fraction of sp³-hybridized carbons (Fsp3) is 0.190. The van der Waals surface area contributed by atoms with Gasteiger partial charge < -0.3 is 10.2 Å². The molecule has 0 heterocycles. The Morgan fingerprint density at radius 1 is 1.12 bits per heavy atom. The maximum Gasteiger partial charge on any atom is 0.221 e. The molecular weight excluding hydrogens is 324 g/mol. The summed E-state index contributed by atoms with van der Waals surface area (Å²) in [6, 6.07) is 19.4. The van der Waals surface area contributed by atoms with Crippen LogP contribution in [0.4, 0.5) is 11.4 Å². The van der Waals surface area contributed by atoms with E-state index in [1.165, 1.54) is 6.92 Å². The van der Waals surface area contributed by atoms with E-state index in [4.69, 9.17) is 5.26 Å². The van der Waals surface area contributed by atoms with Crippen LogP contribution in [0.25, 0.3) is 11.6 Å². The van der Waals surface area contributed by atoms with Crippen LogP contribution in [-0.4, -0.2) is 19.5 Å². The maximum absolute atomic E-state index is 11.1. The third-order valence-corrected chi connectivity index (χ3v) is 3.84. The predicted molar refractivity (Wildman–Crippen MR) is 104 cm³/mol. The van der Waals surface area contributed by atoms with Gasteiger partial charge >= 0.3 is 0 Å². The molecule has 0 fully saturated rings. The largest absolute Gasteiger partial charge is 0.374 e. The molecule has 0 unspecified atom stereocenters. The SMILES string of the molecule is CC(=O)Nc1ccc(/C(C#N)=C\c2ccc(N(C)CCC#N)cc2)cc1. The monoisotopic (exact) mass is 344 g/mol. The zero-order chi connectivity index (χ0) is 18.9. The van der Waals surface area contributed by atoms with Crippen LogP contribution < -0.4 is 10.2 Å². The summed E-state index contributed by atoms with van der Waals surface area (Å²) in [4.78, 5) is 13.1. The van der Waals surface area contributed by atoms with E-state index in [1.807, 2.05) is 54.4 Å². The molecule has 0 radical (unpaired) electrons. The average Bonchev–Trinajstić information content (AvgIpc) is 2.65. The molecule has 130 valence electrons. The molecule has 0 saturated heterocycles. The van der Waals surface area contributed by atoms with E-state index >= 15 is 0 Å². The molecule has 1 amide bonds. The number of carbonyl (C=O) groups is 1. The number of nitriles is 2. The molecule has 0 spiro atoms. The van der Waals surface area contributed by atoms with Gasteiger partial charge in [0, 0.05) is 31.9 Å². The molecule has 2 aromatic rings. The number of anilines is 2. The number of nitrogens with one attached hydrogen (secondary N) is 1. The number of hydrogen-bond donors (Lipinski definition) is 1. The number of benzene rings is 2. The molecule has 5 nitrogen and oxygen atoms in total. The first-order valence-corrected chi connectivity index (χ1v) is 8.21. The van der Waals surface area contributed by atoms with Crippen molar-refractivity contribution in [2.45, 2.75) is 13.3 Å². The lowest BCUT2D eigenvalue weighted by Gasteiger charge is -2.17. The molecule has 0 aliphatic rings. The van der Waals surface area contributed by atoms with E-state index in [1.54, 1.807) is 12.1 Å². The van der Waals surface area contributed by atoms with Crippen LogP contribution in [-0.2, 0) is 4.79 Å². The van der Waals surface area contributed by atoms with Gasteiger partial charge in [-0.1, -0.05) is 24.3 Å². The zero-order valence-electron chi connectivity index (χ0n) is 14.9. The van der Waals surface area contributed by atoms with Crippen LogP contribution in [0.5, 0.6) is 0 Å². The predicted octanol–water partition coefficient (Wildman–Crippen LogP) is 4.06. The van der Waals surface area contributed by atoms with Gasteiger partial charge in [-0.25, -0.2) is 0 Å². The third-order valence-electron chi connectivity index (χ3n) is 3.84. The van der Waals surface area contributed by atoms with Crippen molar-refractivity contribution in [3.05, 3.63) is 59.7 Å². The van der Waals surface area contributed by atoms with E-state index < -0.39 is 0 Å². The minimum Gasteiger partial charge on any atom is -0.374 e. The zero-order valence-corrected chi connectivity index (χ0v) is 14.9. The van der Waals surface area contributed by atoms with Crippen LogP contribution in [0.2, 0.25) is 0 Å².